The van der Waals surface area contributed by atoms with Crippen molar-refractivity contribution in [3.05, 3.63) is 29.6 Å². The Hall–Kier alpha value is -1.72. The molecule has 0 saturated carbocycles. The summed E-state index contributed by atoms with van der Waals surface area (Å²) in [5.74, 6) is 1.19. The molecule has 0 bridgehead atoms. The first-order valence-corrected chi connectivity index (χ1v) is 8.57. The van der Waals surface area contributed by atoms with Crippen LogP contribution in [0.3, 0.4) is 0 Å². The summed E-state index contributed by atoms with van der Waals surface area (Å²) in [5.41, 5.74) is 2.75. The Bertz CT molecular complexity index is 689. The van der Waals surface area contributed by atoms with E-state index in [1.165, 1.54) is 0 Å². The maximum absolute atomic E-state index is 12.0. The fraction of sp³-hybridized carbons (Fsp3) is 0.556. The molecule has 1 aliphatic heterocycles. The van der Waals surface area contributed by atoms with Crippen molar-refractivity contribution in [1.82, 2.24) is 14.9 Å². The summed E-state index contributed by atoms with van der Waals surface area (Å²) in [7, 11) is 0. The molecular formula is C18H25N3O2. The number of rotatable bonds is 8. The maximum Gasteiger partial charge on any atom is 0.162 e. The third-order valence-corrected chi connectivity index (χ3v) is 4.36. The molecule has 5 heteroatoms. The fourth-order valence-electron chi connectivity index (χ4n) is 2.90. The highest BCUT2D eigenvalue weighted by molar-refractivity contribution is 5.98. The van der Waals surface area contributed by atoms with Crippen LogP contribution < -0.4 is 5.32 Å². The average molecular weight is 315 g/mol. The van der Waals surface area contributed by atoms with Crippen LogP contribution in [0, 0.1) is 0 Å². The van der Waals surface area contributed by atoms with Crippen molar-refractivity contribution >= 4 is 16.8 Å². The molecule has 1 saturated heterocycles. The first-order valence-electron chi connectivity index (χ1n) is 8.57. The van der Waals surface area contributed by atoms with Crippen LogP contribution in [-0.4, -0.2) is 34.6 Å². The predicted octanol–water partition coefficient (Wildman–Crippen LogP) is 2.92. The number of hydrogen-bond acceptors (Lipinski definition) is 4. The van der Waals surface area contributed by atoms with Gasteiger partial charge in [0.25, 0.3) is 0 Å². The number of nitrogens with one attached hydrogen (secondary N) is 1. The average Bonchev–Trinajstić information content (AvgIpc) is 2.87. The summed E-state index contributed by atoms with van der Waals surface area (Å²) in [6.07, 6.45) is 2.98. The number of benzene rings is 1. The first kappa shape index (κ1) is 16.1. The van der Waals surface area contributed by atoms with Crippen LogP contribution in [0.15, 0.2) is 18.2 Å². The van der Waals surface area contributed by atoms with Gasteiger partial charge in [-0.2, -0.15) is 0 Å². The van der Waals surface area contributed by atoms with Crippen molar-refractivity contribution in [3.8, 4) is 0 Å². The van der Waals surface area contributed by atoms with Gasteiger partial charge in [-0.1, -0.05) is 13.8 Å². The molecule has 3 rings (SSSR count). The Kier molecular flexibility index (Phi) is 5.08. The maximum atomic E-state index is 12.0. The van der Waals surface area contributed by atoms with Crippen molar-refractivity contribution in [2.75, 3.05) is 13.2 Å². The smallest absolute Gasteiger partial charge is 0.162 e. The Morgan fingerprint density at radius 1 is 1.43 bits per heavy atom. The Morgan fingerprint density at radius 2 is 2.26 bits per heavy atom. The van der Waals surface area contributed by atoms with E-state index >= 15 is 0 Å². The zero-order chi connectivity index (χ0) is 16.2. The van der Waals surface area contributed by atoms with Gasteiger partial charge in [-0.25, -0.2) is 4.98 Å². The van der Waals surface area contributed by atoms with Crippen molar-refractivity contribution in [1.29, 1.82) is 0 Å². The van der Waals surface area contributed by atoms with Gasteiger partial charge in [-0.05, 0) is 37.6 Å². The molecule has 1 aliphatic rings. The van der Waals surface area contributed by atoms with E-state index in [2.05, 4.69) is 16.8 Å². The van der Waals surface area contributed by atoms with E-state index in [9.17, 15) is 4.79 Å². The second kappa shape index (κ2) is 7.23. The van der Waals surface area contributed by atoms with E-state index < -0.39 is 0 Å². The molecule has 1 N–H and O–H groups in total. The van der Waals surface area contributed by atoms with Crippen molar-refractivity contribution in [3.63, 3.8) is 0 Å². The van der Waals surface area contributed by atoms with Crippen LogP contribution in [0.5, 0.6) is 0 Å². The lowest BCUT2D eigenvalue weighted by Gasteiger charge is -2.27. The minimum Gasteiger partial charge on any atom is -0.376 e. The van der Waals surface area contributed by atoms with E-state index in [-0.39, 0.29) is 11.9 Å². The summed E-state index contributed by atoms with van der Waals surface area (Å²) < 4.78 is 7.81. The van der Waals surface area contributed by atoms with Crippen LogP contribution in [0.2, 0.25) is 0 Å². The second-order valence-electron chi connectivity index (χ2n) is 6.08. The monoisotopic (exact) mass is 315 g/mol. The van der Waals surface area contributed by atoms with Crippen LogP contribution in [0.25, 0.3) is 11.0 Å². The highest BCUT2D eigenvalue weighted by Gasteiger charge is 2.22. The number of carbonyl (C=O) groups is 1. The number of hydrogen-bond donors (Lipinski definition) is 1. The van der Waals surface area contributed by atoms with E-state index in [1.54, 1.807) is 0 Å². The summed E-state index contributed by atoms with van der Waals surface area (Å²) in [5, 5.41) is 3.42. The minimum absolute atomic E-state index is 0.171. The molecule has 0 radical (unpaired) electrons. The molecule has 0 amide bonds. The number of fused-ring (bicyclic) bond motifs is 1. The normalized spacial score (nSPS) is 17.4. The summed E-state index contributed by atoms with van der Waals surface area (Å²) in [6.45, 7) is 7.42. The summed E-state index contributed by atoms with van der Waals surface area (Å²) >= 11 is 0. The number of aromatic nitrogens is 2. The Balaban J connectivity index is 1.95. The quantitative estimate of drug-likeness (QED) is 0.601. The van der Waals surface area contributed by atoms with Gasteiger partial charge in [-0.15, -0.1) is 0 Å². The third kappa shape index (κ3) is 3.46. The van der Waals surface area contributed by atoms with Crippen LogP contribution in [-0.2, 0) is 17.8 Å². The molecule has 23 heavy (non-hydrogen) atoms. The SMILES string of the molecule is CCCNCc1nc2ccc(C(=O)CC)cc2n1C[C@@H]1CCO1. The summed E-state index contributed by atoms with van der Waals surface area (Å²) in [4.78, 5) is 16.8. The van der Waals surface area contributed by atoms with Gasteiger partial charge in [0.1, 0.15) is 5.82 Å². The fourth-order valence-corrected chi connectivity index (χ4v) is 2.90. The van der Waals surface area contributed by atoms with E-state index in [0.717, 1.165) is 61.5 Å². The van der Waals surface area contributed by atoms with Crippen LogP contribution >= 0.6 is 0 Å². The standard InChI is InChI=1S/C18H25N3O2/c1-3-8-19-11-18-20-15-6-5-13(17(22)4-2)10-16(15)21(18)12-14-7-9-23-14/h5-6,10,14,19H,3-4,7-9,11-12H2,1-2H3/t14-/m0/s1. The molecule has 5 nitrogen and oxygen atoms in total. The van der Waals surface area contributed by atoms with E-state index in [1.807, 2.05) is 25.1 Å². The highest BCUT2D eigenvalue weighted by atomic mass is 16.5. The molecule has 1 fully saturated rings. The number of Topliss-reactive ketones (excluding diaryl/α,β-unsaturated/α-hetero) is 1. The molecule has 2 aromatic rings. The Morgan fingerprint density at radius 3 is 2.91 bits per heavy atom. The van der Waals surface area contributed by atoms with Gasteiger partial charge >= 0.3 is 0 Å². The van der Waals surface area contributed by atoms with Crippen molar-refractivity contribution < 1.29 is 9.53 Å². The van der Waals surface area contributed by atoms with Crippen molar-refractivity contribution in [2.24, 2.45) is 0 Å². The van der Waals surface area contributed by atoms with Gasteiger partial charge in [-0.3, -0.25) is 4.79 Å². The lowest BCUT2D eigenvalue weighted by molar-refractivity contribution is -0.0590. The molecule has 0 spiro atoms. The highest BCUT2D eigenvalue weighted by Crippen LogP contribution is 2.22. The lowest BCUT2D eigenvalue weighted by Crippen LogP contribution is -2.32. The number of imidazole rings is 1. The van der Waals surface area contributed by atoms with Crippen LogP contribution in [0.1, 0.15) is 49.3 Å². The lowest BCUT2D eigenvalue weighted by atomic mass is 10.1. The molecule has 0 aliphatic carbocycles. The van der Waals surface area contributed by atoms with Gasteiger partial charge in [0.2, 0.25) is 0 Å². The topological polar surface area (TPSA) is 56.2 Å². The van der Waals surface area contributed by atoms with Crippen LogP contribution in [0.4, 0.5) is 0 Å². The molecule has 0 unspecified atom stereocenters. The molecular weight excluding hydrogens is 290 g/mol. The van der Waals surface area contributed by atoms with E-state index in [0.29, 0.717) is 6.42 Å². The minimum atomic E-state index is 0.171. The Labute approximate surface area is 137 Å². The van der Waals surface area contributed by atoms with Crippen molar-refractivity contribution in [2.45, 2.75) is 52.3 Å². The van der Waals surface area contributed by atoms with Gasteiger partial charge in [0.05, 0.1) is 30.2 Å². The molecule has 1 aromatic carbocycles. The number of carbonyl (C=O) groups excluding carboxylic acids is 1. The summed E-state index contributed by atoms with van der Waals surface area (Å²) in [6, 6.07) is 5.82. The second-order valence-corrected chi connectivity index (χ2v) is 6.08. The molecule has 1 atom stereocenters. The van der Waals surface area contributed by atoms with Gasteiger partial charge in [0.15, 0.2) is 5.78 Å². The molecule has 2 heterocycles. The first-order chi connectivity index (χ1) is 11.2. The van der Waals surface area contributed by atoms with Gasteiger partial charge < -0.3 is 14.6 Å². The van der Waals surface area contributed by atoms with Gasteiger partial charge in [0, 0.05) is 18.6 Å². The van der Waals surface area contributed by atoms with E-state index in [4.69, 9.17) is 9.72 Å². The number of nitrogens with zero attached hydrogens (tertiary/aromatic N) is 2. The third-order valence-electron chi connectivity index (χ3n) is 4.36. The predicted molar refractivity (Wildman–Crippen MR) is 90.7 cm³/mol. The zero-order valence-electron chi connectivity index (χ0n) is 14.0. The molecule has 124 valence electrons. The number of ketones is 1. The largest absolute Gasteiger partial charge is 0.376 e. The number of ether oxygens (including phenoxy) is 1. The molecule has 1 aromatic heterocycles. The zero-order valence-corrected chi connectivity index (χ0v) is 14.0.